The van der Waals surface area contributed by atoms with Crippen molar-refractivity contribution in [1.29, 1.82) is 0 Å². The molecule has 3 nitrogen and oxygen atoms in total. The van der Waals surface area contributed by atoms with Gasteiger partial charge in [-0.15, -0.1) is 0 Å². The molecule has 0 aliphatic rings. The van der Waals surface area contributed by atoms with Gasteiger partial charge in [0.05, 0.1) is 14.2 Å². The Hall–Kier alpha value is -1.22. The summed E-state index contributed by atoms with van der Waals surface area (Å²) in [5.74, 6) is 1.77. The van der Waals surface area contributed by atoms with E-state index in [0.717, 1.165) is 36.3 Å². The molecular formula is C13H21NO2. The number of hydrogen-bond acceptors (Lipinski definition) is 3. The van der Waals surface area contributed by atoms with Gasteiger partial charge >= 0.3 is 0 Å². The van der Waals surface area contributed by atoms with Gasteiger partial charge in [0.15, 0.2) is 0 Å². The zero-order valence-corrected chi connectivity index (χ0v) is 10.3. The molecule has 0 radical (unpaired) electrons. The highest BCUT2D eigenvalue weighted by atomic mass is 16.5. The Morgan fingerprint density at radius 1 is 1.25 bits per heavy atom. The van der Waals surface area contributed by atoms with Gasteiger partial charge in [0.1, 0.15) is 11.5 Å². The molecule has 1 atom stereocenters. The van der Waals surface area contributed by atoms with Gasteiger partial charge in [-0.1, -0.05) is 6.92 Å². The first-order valence-electron chi connectivity index (χ1n) is 5.67. The van der Waals surface area contributed by atoms with E-state index in [1.165, 1.54) is 0 Å². The maximum Gasteiger partial charge on any atom is 0.122 e. The first-order chi connectivity index (χ1) is 7.71. The predicted molar refractivity (Wildman–Crippen MR) is 66.1 cm³/mol. The molecule has 1 aromatic rings. The smallest absolute Gasteiger partial charge is 0.122 e. The largest absolute Gasteiger partial charge is 0.497 e. The second kappa shape index (κ2) is 6.38. The van der Waals surface area contributed by atoms with E-state index in [-0.39, 0.29) is 6.04 Å². The van der Waals surface area contributed by atoms with E-state index in [2.05, 4.69) is 6.92 Å². The molecule has 0 saturated heterocycles. The molecule has 1 unspecified atom stereocenters. The van der Waals surface area contributed by atoms with Gasteiger partial charge in [0, 0.05) is 6.04 Å². The van der Waals surface area contributed by atoms with Crippen LogP contribution in [0, 0.1) is 0 Å². The molecule has 0 bridgehead atoms. The summed E-state index contributed by atoms with van der Waals surface area (Å²) in [7, 11) is 3.36. The normalized spacial score (nSPS) is 12.2. The number of nitrogens with two attached hydrogens (primary N) is 1. The summed E-state index contributed by atoms with van der Waals surface area (Å²) >= 11 is 0. The minimum atomic E-state index is 0.260. The van der Waals surface area contributed by atoms with Crippen LogP contribution in [-0.2, 0) is 6.42 Å². The molecule has 0 amide bonds. The quantitative estimate of drug-likeness (QED) is 0.805. The lowest BCUT2D eigenvalue weighted by molar-refractivity contribution is 0.397. The van der Waals surface area contributed by atoms with E-state index < -0.39 is 0 Å². The molecule has 3 heteroatoms. The molecule has 16 heavy (non-hydrogen) atoms. The number of benzene rings is 1. The third-order valence-electron chi connectivity index (χ3n) is 2.80. The van der Waals surface area contributed by atoms with Gasteiger partial charge in [0.25, 0.3) is 0 Å². The fourth-order valence-corrected chi connectivity index (χ4v) is 1.62. The minimum absolute atomic E-state index is 0.260. The maximum atomic E-state index is 5.91. The van der Waals surface area contributed by atoms with Crippen molar-refractivity contribution in [2.45, 2.75) is 32.2 Å². The van der Waals surface area contributed by atoms with Gasteiger partial charge in [-0.3, -0.25) is 0 Å². The third kappa shape index (κ3) is 3.42. The van der Waals surface area contributed by atoms with Crippen LogP contribution in [0.25, 0.3) is 0 Å². The van der Waals surface area contributed by atoms with Crippen LogP contribution in [0.4, 0.5) is 0 Å². The van der Waals surface area contributed by atoms with Gasteiger partial charge in [-0.05, 0) is 43.0 Å². The fraction of sp³-hybridized carbons (Fsp3) is 0.538. The highest BCUT2D eigenvalue weighted by molar-refractivity contribution is 5.40. The zero-order valence-electron chi connectivity index (χ0n) is 10.3. The van der Waals surface area contributed by atoms with Gasteiger partial charge < -0.3 is 15.2 Å². The Bertz CT molecular complexity index is 326. The van der Waals surface area contributed by atoms with Crippen molar-refractivity contribution in [1.82, 2.24) is 0 Å². The maximum absolute atomic E-state index is 5.91. The van der Waals surface area contributed by atoms with Crippen LogP contribution in [0.2, 0.25) is 0 Å². The summed E-state index contributed by atoms with van der Waals surface area (Å²) in [6.07, 6.45) is 2.90. The SMILES string of the molecule is CCC(N)CCc1cc(OC)ccc1OC. The minimum Gasteiger partial charge on any atom is -0.497 e. The van der Waals surface area contributed by atoms with Crippen LogP contribution in [0.1, 0.15) is 25.3 Å². The molecule has 0 fully saturated rings. The second-order valence-electron chi connectivity index (χ2n) is 3.88. The Labute approximate surface area is 97.6 Å². The van der Waals surface area contributed by atoms with Crippen LogP contribution >= 0.6 is 0 Å². The third-order valence-corrected chi connectivity index (χ3v) is 2.80. The molecule has 0 heterocycles. The summed E-state index contributed by atoms with van der Waals surface area (Å²) in [4.78, 5) is 0. The summed E-state index contributed by atoms with van der Waals surface area (Å²) in [5.41, 5.74) is 7.07. The Kier molecular flexibility index (Phi) is 5.12. The number of hydrogen-bond donors (Lipinski definition) is 1. The highest BCUT2D eigenvalue weighted by Gasteiger charge is 2.07. The molecule has 90 valence electrons. The second-order valence-corrected chi connectivity index (χ2v) is 3.88. The highest BCUT2D eigenvalue weighted by Crippen LogP contribution is 2.25. The van der Waals surface area contributed by atoms with Crippen LogP contribution in [-0.4, -0.2) is 20.3 Å². The topological polar surface area (TPSA) is 44.5 Å². The van der Waals surface area contributed by atoms with Crippen molar-refractivity contribution >= 4 is 0 Å². The summed E-state index contributed by atoms with van der Waals surface area (Å²) in [5, 5.41) is 0. The molecule has 0 spiro atoms. The zero-order chi connectivity index (χ0) is 12.0. The van der Waals surface area contributed by atoms with E-state index >= 15 is 0 Å². The molecule has 0 aliphatic carbocycles. The lowest BCUT2D eigenvalue weighted by Gasteiger charge is -2.12. The average molecular weight is 223 g/mol. The Balaban J connectivity index is 2.75. The predicted octanol–water partition coefficient (Wildman–Crippen LogP) is 2.37. The number of ether oxygens (including phenoxy) is 2. The summed E-state index contributed by atoms with van der Waals surface area (Å²) < 4.78 is 10.5. The van der Waals surface area contributed by atoms with Crippen LogP contribution < -0.4 is 15.2 Å². The lowest BCUT2D eigenvalue weighted by Crippen LogP contribution is -2.19. The number of methoxy groups -OCH3 is 2. The Morgan fingerprint density at radius 3 is 2.56 bits per heavy atom. The monoisotopic (exact) mass is 223 g/mol. The molecule has 0 saturated carbocycles. The summed E-state index contributed by atoms with van der Waals surface area (Å²) in [6.45, 7) is 2.10. The van der Waals surface area contributed by atoms with E-state index in [1.54, 1.807) is 14.2 Å². The van der Waals surface area contributed by atoms with Crippen molar-refractivity contribution < 1.29 is 9.47 Å². The van der Waals surface area contributed by atoms with E-state index in [9.17, 15) is 0 Å². The van der Waals surface area contributed by atoms with Crippen LogP contribution in [0.3, 0.4) is 0 Å². The van der Waals surface area contributed by atoms with Crippen molar-refractivity contribution in [2.75, 3.05) is 14.2 Å². The molecule has 0 aliphatic heterocycles. The lowest BCUT2D eigenvalue weighted by atomic mass is 10.0. The molecular weight excluding hydrogens is 202 g/mol. The fourth-order valence-electron chi connectivity index (χ4n) is 1.62. The standard InChI is InChI=1S/C13H21NO2/c1-4-11(14)6-5-10-9-12(15-2)7-8-13(10)16-3/h7-9,11H,4-6,14H2,1-3H3. The van der Waals surface area contributed by atoms with Gasteiger partial charge in [-0.25, -0.2) is 0 Å². The van der Waals surface area contributed by atoms with Crippen molar-refractivity contribution in [3.05, 3.63) is 23.8 Å². The average Bonchev–Trinajstić information content (AvgIpc) is 2.35. The van der Waals surface area contributed by atoms with Gasteiger partial charge in [-0.2, -0.15) is 0 Å². The van der Waals surface area contributed by atoms with E-state index in [4.69, 9.17) is 15.2 Å². The van der Waals surface area contributed by atoms with Gasteiger partial charge in [0.2, 0.25) is 0 Å². The Morgan fingerprint density at radius 2 is 2.00 bits per heavy atom. The van der Waals surface area contributed by atoms with Crippen molar-refractivity contribution in [2.24, 2.45) is 5.73 Å². The summed E-state index contributed by atoms with van der Waals surface area (Å²) in [6, 6.07) is 6.12. The number of aryl methyl sites for hydroxylation is 1. The molecule has 0 aromatic heterocycles. The van der Waals surface area contributed by atoms with E-state index in [1.807, 2.05) is 18.2 Å². The van der Waals surface area contributed by atoms with E-state index in [0.29, 0.717) is 0 Å². The van der Waals surface area contributed by atoms with Crippen LogP contribution in [0.15, 0.2) is 18.2 Å². The van der Waals surface area contributed by atoms with Crippen LogP contribution in [0.5, 0.6) is 11.5 Å². The first kappa shape index (κ1) is 12.8. The first-order valence-corrected chi connectivity index (χ1v) is 5.67. The molecule has 2 N–H and O–H groups in total. The molecule has 1 rings (SSSR count). The van der Waals surface area contributed by atoms with Crippen molar-refractivity contribution in [3.8, 4) is 11.5 Å². The number of rotatable bonds is 6. The molecule has 1 aromatic carbocycles. The van der Waals surface area contributed by atoms with Crippen molar-refractivity contribution in [3.63, 3.8) is 0 Å².